The van der Waals surface area contributed by atoms with Crippen LogP contribution in [0, 0.1) is 0 Å². The Labute approximate surface area is 123 Å². The number of imidazole rings is 1. The summed E-state index contributed by atoms with van der Waals surface area (Å²) in [7, 11) is 4.22. The summed E-state index contributed by atoms with van der Waals surface area (Å²) in [6.45, 7) is 11.5. The summed E-state index contributed by atoms with van der Waals surface area (Å²) in [5.74, 6) is 0. The predicted octanol–water partition coefficient (Wildman–Crippen LogP) is 1.74. The van der Waals surface area contributed by atoms with E-state index >= 15 is 0 Å². The summed E-state index contributed by atoms with van der Waals surface area (Å²) < 4.78 is 2.22. The van der Waals surface area contributed by atoms with Gasteiger partial charge in [0.15, 0.2) is 0 Å². The highest BCUT2D eigenvalue weighted by Crippen LogP contribution is 2.24. The average Bonchev–Trinajstić information content (AvgIpc) is 2.83. The standard InChI is InChI=1S/C15H31N5/c1-7-19(13(4)10-18(5)6)14(8-16)15-9-17-11-20(15)12(2)3/h9,11-14H,7-8,10,16H2,1-6H3. The zero-order chi connectivity index (χ0) is 15.3. The van der Waals surface area contributed by atoms with Crippen LogP contribution in [0.5, 0.6) is 0 Å². The van der Waals surface area contributed by atoms with E-state index in [9.17, 15) is 0 Å². The molecule has 0 aliphatic rings. The van der Waals surface area contributed by atoms with Gasteiger partial charge in [-0.3, -0.25) is 4.90 Å². The molecule has 0 bridgehead atoms. The van der Waals surface area contributed by atoms with Crippen LogP contribution in [-0.4, -0.2) is 59.1 Å². The van der Waals surface area contributed by atoms with Gasteiger partial charge in [0, 0.05) is 31.4 Å². The van der Waals surface area contributed by atoms with Gasteiger partial charge in [-0.2, -0.15) is 0 Å². The molecule has 1 aromatic rings. The number of rotatable bonds is 8. The minimum atomic E-state index is 0.222. The Morgan fingerprint density at radius 1 is 1.30 bits per heavy atom. The van der Waals surface area contributed by atoms with Gasteiger partial charge in [-0.1, -0.05) is 6.92 Å². The topological polar surface area (TPSA) is 50.3 Å². The maximum Gasteiger partial charge on any atom is 0.0951 e. The molecule has 0 aromatic carbocycles. The summed E-state index contributed by atoms with van der Waals surface area (Å²) in [5, 5.41) is 0. The highest BCUT2D eigenvalue weighted by Gasteiger charge is 2.26. The van der Waals surface area contributed by atoms with E-state index in [0.29, 0.717) is 18.6 Å². The van der Waals surface area contributed by atoms with Gasteiger partial charge in [0.2, 0.25) is 0 Å². The van der Waals surface area contributed by atoms with Crippen molar-refractivity contribution in [2.45, 2.75) is 45.8 Å². The molecule has 0 saturated heterocycles. The Hall–Kier alpha value is -0.910. The van der Waals surface area contributed by atoms with E-state index < -0.39 is 0 Å². The fraction of sp³-hybridized carbons (Fsp3) is 0.800. The summed E-state index contributed by atoms with van der Waals surface area (Å²) in [6, 6.07) is 1.09. The Bertz CT molecular complexity index is 385. The molecule has 1 aromatic heterocycles. The summed E-state index contributed by atoms with van der Waals surface area (Å²) >= 11 is 0. The van der Waals surface area contributed by atoms with Crippen LogP contribution in [0.3, 0.4) is 0 Å². The van der Waals surface area contributed by atoms with E-state index in [4.69, 9.17) is 5.73 Å². The van der Waals surface area contributed by atoms with Gasteiger partial charge in [-0.25, -0.2) is 4.98 Å². The van der Waals surface area contributed by atoms with Gasteiger partial charge >= 0.3 is 0 Å². The van der Waals surface area contributed by atoms with Crippen LogP contribution in [0.25, 0.3) is 0 Å². The molecule has 2 unspecified atom stereocenters. The van der Waals surface area contributed by atoms with Crippen molar-refractivity contribution in [3.05, 3.63) is 18.2 Å². The van der Waals surface area contributed by atoms with Crippen molar-refractivity contribution in [1.82, 2.24) is 19.4 Å². The van der Waals surface area contributed by atoms with Crippen molar-refractivity contribution < 1.29 is 0 Å². The minimum absolute atomic E-state index is 0.222. The molecule has 0 saturated carbocycles. The van der Waals surface area contributed by atoms with Crippen LogP contribution < -0.4 is 5.73 Å². The van der Waals surface area contributed by atoms with Gasteiger partial charge in [0.05, 0.1) is 18.1 Å². The maximum absolute atomic E-state index is 6.08. The molecular formula is C15H31N5. The third kappa shape index (κ3) is 4.04. The van der Waals surface area contributed by atoms with Crippen molar-refractivity contribution in [2.75, 3.05) is 33.7 Å². The van der Waals surface area contributed by atoms with Crippen molar-refractivity contribution in [3.63, 3.8) is 0 Å². The molecule has 2 atom stereocenters. The third-order valence-corrected chi connectivity index (χ3v) is 3.78. The van der Waals surface area contributed by atoms with Crippen LogP contribution >= 0.6 is 0 Å². The number of nitrogens with two attached hydrogens (primary N) is 1. The smallest absolute Gasteiger partial charge is 0.0951 e. The average molecular weight is 281 g/mol. The molecule has 5 heteroatoms. The van der Waals surface area contributed by atoms with Crippen molar-refractivity contribution >= 4 is 0 Å². The molecule has 0 spiro atoms. The maximum atomic E-state index is 6.08. The van der Waals surface area contributed by atoms with Crippen molar-refractivity contribution in [3.8, 4) is 0 Å². The molecule has 20 heavy (non-hydrogen) atoms. The first-order valence-electron chi connectivity index (χ1n) is 7.54. The van der Waals surface area contributed by atoms with E-state index in [1.165, 1.54) is 5.69 Å². The van der Waals surface area contributed by atoms with Crippen molar-refractivity contribution in [2.24, 2.45) is 5.73 Å². The minimum Gasteiger partial charge on any atom is -0.331 e. The number of hydrogen-bond donors (Lipinski definition) is 1. The third-order valence-electron chi connectivity index (χ3n) is 3.78. The summed E-state index contributed by atoms with van der Waals surface area (Å²) in [6.07, 6.45) is 3.87. The molecule has 0 aliphatic heterocycles. The van der Waals surface area contributed by atoms with E-state index in [1.807, 2.05) is 12.5 Å². The number of hydrogen-bond acceptors (Lipinski definition) is 4. The second kappa shape index (κ2) is 7.76. The van der Waals surface area contributed by atoms with Gasteiger partial charge in [0.1, 0.15) is 0 Å². The zero-order valence-corrected chi connectivity index (χ0v) is 13.9. The predicted molar refractivity (Wildman–Crippen MR) is 84.8 cm³/mol. The van der Waals surface area contributed by atoms with Crippen LogP contribution in [0.15, 0.2) is 12.5 Å². The monoisotopic (exact) mass is 281 g/mol. The quantitative estimate of drug-likeness (QED) is 0.788. The first-order chi connectivity index (χ1) is 9.42. The lowest BCUT2D eigenvalue weighted by atomic mass is 10.1. The molecule has 5 nitrogen and oxygen atoms in total. The van der Waals surface area contributed by atoms with Gasteiger partial charge < -0.3 is 15.2 Å². The SMILES string of the molecule is CCN(C(C)CN(C)C)C(CN)c1cncn1C(C)C. The van der Waals surface area contributed by atoms with Crippen LogP contribution in [0.1, 0.15) is 45.5 Å². The Morgan fingerprint density at radius 3 is 2.40 bits per heavy atom. The molecule has 2 N–H and O–H groups in total. The highest BCUT2D eigenvalue weighted by atomic mass is 15.2. The number of aromatic nitrogens is 2. The largest absolute Gasteiger partial charge is 0.331 e. The molecule has 0 aliphatic carbocycles. The van der Waals surface area contributed by atoms with Gasteiger partial charge in [-0.05, 0) is 41.4 Å². The molecule has 0 amide bonds. The van der Waals surface area contributed by atoms with E-state index in [0.717, 1.165) is 13.1 Å². The highest BCUT2D eigenvalue weighted by molar-refractivity contribution is 5.08. The molecular weight excluding hydrogens is 250 g/mol. The lowest BCUT2D eigenvalue weighted by molar-refractivity contribution is 0.125. The molecule has 1 heterocycles. The normalized spacial score (nSPS) is 15.3. The lowest BCUT2D eigenvalue weighted by Crippen LogP contribution is -2.45. The van der Waals surface area contributed by atoms with Crippen LogP contribution in [0.2, 0.25) is 0 Å². The lowest BCUT2D eigenvalue weighted by Gasteiger charge is -2.37. The van der Waals surface area contributed by atoms with Crippen molar-refractivity contribution in [1.29, 1.82) is 0 Å². The molecule has 0 fully saturated rings. The fourth-order valence-electron chi connectivity index (χ4n) is 2.90. The zero-order valence-electron chi connectivity index (χ0n) is 13.9. The van der Waals surface area contributed by atoms with E-state index in [2.05, 4.69) is 61.1 Å². The Kier molecular flexibility index (Phi) is 6.65. The number of nitrogens with zero attached hydrogens (tertiary/aromatic N) is 4. The second-order valence-corrected chi connectivity index (χ2v) is 6.01. The fourth-order valence-corrected chi connectivity index (χ4v) is 2.90. The van der Waals surface area contributed by atoms with Crippen LogP contribution in [-0.2, 0) is 0 Å². The molecule has 116 valence electrons. The Balaban J connectivity index is 2.99. The van der Waals surface area contributed by atoms with Gasteiger partial charge in [-0.15, -0.1) is 0 Å². The summed E-state index contributed by atoms with van der Waals surface area (Å²) in [5.41, 5.74) is 7.30. The van der Waals surface area contributed by atoms with E-state index in [-0.39, 0.29) is 6.04 Å². The first-order valence-corrected chi connectivity index (χ1v) is 7.54. The summed E-state index contributed by atoms with van der Waals surface area (Å²) in [4.78, 5) is 9.01. The van der Waals surface area contributed by atoms with E-state index in [1.54, 1.807) is 0 Å². The molecule has 0 radical (unpaired) electrons. The Morgan fingerprint density at radius 2 is 1.95 bits per heavy atom. The molecule has 1 rings (SSSR count). The number of likely N-dealkylation sites (N-methyl/N-ethyl adjacent to an activating group) is 2. The second-order valence-electron chi connectivity index (χ2n) is 6.01. The van der Waals surface area contributed by atoms with Gasteiger partial charge in [0.25, 0.3) is 0 Å². The first kappa shape index (κ1) is 17.1. The van der Waals surface area contributed by atoms with Crippen LogP contribution in [0.4, 0.5) is 0 Å².